The van der Waals surface area contributed by atoms with Gasteiger partial charge in [0.15, 0.2) is 6.10 Å². The molecule has 2 aromatic rings. The highest BCUT2D eigenvalue weighted by molar-refractivity contribution is 7.93. The van der Waals surface area contributed by atoms with Gasteiger partial charge < -0.3 is 14.8 Å². The van der Waals surface area contributed by atoms with E-state index in [0.29, 0.717) is 18.7 Å². The molecule has 12 heteroatoms. The molecule has 0 bridgehead atoms. The second kappa shape index (κ2) is 9.07. The highest BCUT2D eigenvalue weighted by Gasteiger charge is 2.31. The zero-order valence-corrected chi connectivity index (χ0v) is 17.6. The highest BCUT2D eigenvalue weighted by Crippen LogP contribution is 2.25. The van der Waals surface area contributed by atoms with Gasteiger partial charge in [0, 0.05) is 12.2 Å². The molecule has 1 fully saturated rings. The molecule has 1 saturated heterocycles. The van der Waals surface area contributed by atoms with Crippen molar-refractivity contribution in [3.63, 3.8) is 0 Å². The van der Waals surface area contributed by atoms with Crippen LogP contribution in [0.5, 0.6) is 5.75 Å². The lowest BCUT2D eigenvalue weighted by Gasteiger charge is -2.17. The third-order valence-corrected chi connectivity index (χ3v) is 6.37. The summed E-state index contributed by atoms with van der Waals surface area (Å²) < 4.78 is 70.6. The van der Waals surface area contributed by atoms with Crippen molar-refractivity contribution in [2.24, 2.45) is 0 Å². The number of anilines is 2. The normalized spacial score (nSPS) is 16.3. The largest absolute Gasteiger partial charge is 0.573 e. The van der Waals surface area contributed by atoms with Crippen molar-refractivity contribution in [3.05, 3.63) is 54.1 Å². The second-order valence-corrected chi connectivity index (χ2v) is 8.91. The number of sulfonamides is 1. The smallest absolute Gasteiger partial charge is 0.449 e. The number of esters is 1. The Labute approximate surface area is 182 Å². The molecule has 1 aliphatic heterocycles. The quantitative estimate of drug-likeness (QED) is 0.648. The van der Waals surface area contributed by atoms with Crippen LogP contribution < -0.4 is 14.4 Å². The van der Waals surface area contributed by atoms with Gasteiger partial charge in [-0.2, -0.15) is 0 Å². The highest BCUT2D eigenvalue weighted by atomic mass is 32.2. The van der Waals surface area contributed by atoms with Crippen molar-refractivity contribution in [3.8, 4) is 5.75 Å². The Morgan fingerprint density at radius 3 is 2.22 bits per heavy atom. The summed E-state index contributed by atoms with van der Waals surface area (Å²) in [6, 6.07) is 10.2. The van der Waals surface area contributed by atoms with E-state index in [9.17, 15) is 31.2 Å². The summed E-state index contributed by atoms with van der Waals surface area (Å²) >= 11 is 0. The predicted molar refractivity (Wildman–Crippen MR) is 109 cm³/mol. The van der Waals surface area contributed by atoms with Crippen molar-refractivity contribution in [1.82, 2.24) is 0 Å². The second-order valence-electron chi connectivity index (χ2n) is 6.90. The fraction of sp³-hybridized carbons (Fsp3) is 0.300. The van der Waals surface area contributed by atoms with Crippen LogP contribution in [-0.2, 0) is 19.6 Å². The average molecular weight is 472 g/mol. The summed E-state index contributed by atoms with van der Waals surface area (Å²) in [5, 5.41) is 2.42. The first kappa shape index (κ1) is 23.4. The van der Waals surface area contributed by atoms with Gasteiger partial charge in [0.05, 0.1) is 17.0 Å². The molecule has 32 heavy (non-hydrogen) atoms. The molecule has 1 amide bonds. The zero-order valence-electron chi connectivity index (χ0n) is 16.8. The van der Waals surface area contributed by atoms with Crippen LogP contribution in [0.15, 0.2) is 48.5 Å². The molecule has 1 N–H and O–H groups in total. The van der Waals surface area contributed by atoms with Crippen LogP contribution in [0.1, 0.15) is 23.7 Å². The number of nitrogens with one attached hydrogen (secondary N) is 1. The molecular weight excluding hydrogens is 453 g/mol. The van der Waals surface area contributed by atoms with E-state index >= 15 is 0 Å². The monoisotopic (exact) mass is 472 g/mol. The SMILES string of the molecule is CC(OC(=O)c1ccc(N2CCCS2(=O)=O)cc1)C(=O)Nc1ccc(OC(F)(F)F)cc1. The number of alkyl halides is 3. The first-order valence-corrected chi connectivity index (χ1v) is 11.0. The fourth-order valence-corrected chi connectivity index (χ4v) is 4.52. The summed E-state index contributed by atoms with van der Waals surface area (Å²) in [5.74, 6) is -1.86. The van der Waals surface area contributed by atoms with Crippen LogP contribution in [0.2, 0.25) is 0 Å². The number of benzene rings is 2. The van der Waals surface area contributed by atoms with Crippen LogP contribution >= 0.6 is 0 Å². The third-order valence-electron chi connectivity index (χ3n) is 4.50. The summed E-state index contributed by atoms with van der Waals surface area (Å²) in [5.41, 5.74) is 0.741. The van der Waals surface area contributed by atoms with Crippen LogP contribution in [0, 0.1) is 0 Å². The maximum Gasteiger partial charge on any atom is 0.573 e. The molecule has 8 nitrogen and oxygen atoms in total. The number of ether oxygens (including phenoxy) is 2. The fourth-order valence-electron chi connectivity index (χ4n) is 2.96. The topological polar surface area (TPSA) is 102 Å². The Hall–Kier alpha value is -3.28. The van der Waals surface area contributed by atoms with E-state index in [1.807, 2.05) is 0 Å². The molecule has 1 heterocycles. The van der Waals surface area contributed by atoms with Crippen LogP contribution in [-0.4, -0.2) is 45.1 Å². The van der Waals surface area contributed by atoms with Crippen molar-refractivity contribution in [2.45, 2.75) is 25.8 Å². The van der Waals surface area contributed by atoms with E-state index in [1.165, 1.54) is 47.6 Å². The Kier molecular flexibility index (Phi) is 6.63. The molecule has 0 radical (unpaired) electrons. The summed E-state index contributed by atoms with van der Waals surface area (Å²) in [6.45, 7) is 1.70. The average Bonchev–Trinajstić information content (AvgIpc) is 3.07. The molecule has 0 spiro atoms. The Bertz CT molecular complexity index is 1090. The van der Waals surface area contributed by atoms with Crippen LogP contribution in [0.4, 0.5) is 24.5 Å². The van der Waals surface area contributed by atoms with E-state index in [4.69, 9.17) is 4.74 Å². The predicted octanol–water partition coefficient (Wildman–Crippen LogP) is 3.31. The molecule has 2 aromatic carbocycles. The molecule has 1 atom stereocenters. The number of halogens is 3. The van der Waals surface area contributed by atoms with Gasteiger partial charge >= 0.3 is 12.3 Å². The molecular formula is C20H19F3N2O6S. The van der Waals surface area contributed by atoms with Crippen molar-refractivity contribution in [2.75, 3.05) is 21.9 Å². The van der Waals surface area contributed by atoms with E-state index in [1.54, 1.807) is 0 Å². The Balaban J connectivity index is 1.56. The van der Waals surface area contributed by atoms with Gasteiger partial charge in [0.2, 0.25) is 10.0 Å². The lowest BCUT2D eigenvalue weighted by Crippen LogP contribution is -2.30. The lowest BCUT2D eigenvalue weighted by molar-refractivity contribution is -0.274. The van der Waals surface area contributed by atoms with Crippen LogP contribution in [0.25, 0.3) is 0 Å². The van der Waals surface area contributed by atoms with Gasteiger partial charge in [0.25, 0.3) is 5.91 Å². The van der Waals surface area contributed by atoms with E-state index in [2.05, 4.69) is 10.1 Å². The third kappa shape index (κ3) is 5.90. The summed E-state index contributed by atoms with van der Waals surface area (Å²) in [6.07, 6.45) is -5.50. The molecule has 0 aliphatic carbocycles. The van der Waals surface area contributed by atoms with Crippen molar-refractivity contribution in [1.29, 1.82) is 0 Å². The van der Waals surface area contributed by atoms with Crippen molar-refractivity contribution >= 4 is 33.3 Å². The maximum absolute atomic E-state index is 12.3. The minimum atomic E-state index is -4.82. The number of hydrogen-bond donors (Lipinski definition) is 1. The first-order valence-electron chi connectivity index (χ1n) is 9.43. The summed E-state index contributed by atoms with van der Waals surface area (Å²) in [7, 11) is -3.34. The van der Waals surface area contributed by atoms with Gasteiger partial charge in [-0.05, 0) is 61.9 Å². The van der Waals surface area contributed by atoms with E-state index in [0.717, 1.165) is 12.1 Å². The van der Waals surface area contributed by atoms with Crippen LogP contribution in [0.3, 0.4) is 0 Å². The molecule has 0 saturated carbocycles. The standard InChI is InChI=1S/C20H19F3N2O6S/c1-13(18(26)24-15-5-9-17(10-6-15)31-20(21,22)23)30-19(27)14-3-7-16(8-4-14)25-11-2-12-32(25,28)29/h3-10,13H,2,11-12H2,1H3,(H,24,26). The molecule has 172 valence electrons. The first-order chi connectivity index (χ1) is 14.9. The van der Waals surface area contributed by atoms with Crippen molar-refractivity contribution < 1.29 is 40.7 Å². The minimum absolute atomic E-state index is 0.0709. The minimum Gasteiger partial charge on any atom is -0.449 e. The van der Waals surface area contributed by atoms with Gasteiger partial charge in [0.1, 0.15) is 5.75 Å². The van der Waals surface area contributed by atoms with Gasteiger partial charge in [-0.15, -0.1) is 13.2 Å². The van der Waals surface area contributed by atoms with Gasteiger partial charge in [-0.25, -0.2) is 13.2 Å². The summed E-state index contributed by atoms with van der Waals surface area (Å²) in [4.78, 5) is 24.5. The Morgan fingerprint density at radius 1 is 1.06 bits per heavy atom. The number of carbonyl (C=O) groups is 2. The molecule has 1 unspecified atom stereocenters. The number of nitrogens with zero attached hydrogens (tertiary/aromatic N) is 1. The van der Waals surface area contributed by atoms with Gasteiger partial charge in [-0.1, -0.05) is 0 Å². The molecule has 3 rings (SSSR count). The van der Waals surface area contributed by atoms with E-state index < -0.39 is 40.1 Å². The zero-order chi connectivity index (χ0) is 23.5. The molecule has 0 aromatic heterocycles. The number of rotatable bonds is 6. The number of hydrogen-bond acceptors (Lipinski definition) is 6. The molecule has 1 aliphatic rings. The maximum atomic E-state index is 12.3. The lowest BCUT2D eigenvalue weighted by atomic mass is 10.2. The van der Waals surface area contributed by atoms with E-state index in [-0.39, 0.29) is 17.0 Å². The number of amides is 1. The Morgan fingerprint density at radius 2 is 1.69 bits per heavy atom. The van der Waals surface area contributed by atoms with Gasteiger partial charge in [-0.3, -0.25) is 9.10 Å². The number of carbonyl (C=O) groups excluding carboxylic acids is 2.